The highest BCUT2D eigenvalue weighted by molar-refractivity contribution is 6.17. The smallest absolute Gasteiger partial charge is 0.125 e. The van der Waals surface area contributed by atoms with Crippen molar-refractivity contribution in [2.45, 2.75) is 38.3 Å². The lowest BCUT2D eigenvalue weighted by Crippen LogP contribution is -2.38. The fourth-order valence-electron chi connectivity index (χ4n) is 3.04. The maximum Gasteiger partial charge on any atom is 0.125 e. The molecule has 1 aromatic carbocycles. The van der Waals surface area contributed by atoms with E-state index in [4.69, 9.17) is 16.3 Å². The largest absolute Gasteiger partial charge is 0.376 e. The third kappa shape index (κ3) is 2.02. The van der Waals surface area contributed by atoms with Crippen molar-refractivity contribution in [2.75, 3.05) is 12.5 Å². The van der Waals surface area contributed by atoms with Crippen molar-refractivity contribution < 1.29 is 9.13 Å². The Morgan fingerprint density at radius 2 is 2.35 bits per heavy atom. The van der Waals surface area contributed by atoms with Crippen molar-refractivity contribution in [3.05, 3.63) is 29.8 Å². The number of hydrogen-bond donors (Lipinski definition) is 0. The van der Waals surface area contributed by atoms with Gasteiger partial charge in [-0.05, 0) is 32.4 Å². The summed E-state index contributed by atoms with van der Waals surface area (Å²) in [7, 11) is 0. The predicted octanol–water partition coefficient (Wildman–Crippen LogP) is 3.48. The van der Waals surface area contributed by atoms with Crippen LogP contribution in [0.4, 0.5) is 4.39 Å². The number of aryl methyl sites for hydroxylation is 1. The van der Waals surface area contributed by atoms with Crippen LogP contribution in [-0.2, 0) is 16.7 Å². The molecule has 1 aliphatic heterocycles. The number of ether oxygens (including phenoxy) is 1. The second-order valence-corrected chi connectivity index (χ2v) is 5.93. The van der Waals surface area contributed by atoms with E-state index < -0.39 is 0 Å². The molecule has 0 radical (unpaired) electrons. The number of nitrogens with zero attached hydrogens (tertiary/aromatic N) is 2. The molecule has 3 rings (SSSR count). The minimum Gasteiger partial charge on any atom is -0.376 e. The second kappa shape index (κ2) is 5.01. The summed E-state index contributed by atoms with van der Waals surface area (Å²) in [6, 6.07) is 4.76. The van der Waals surface area contributed by atoms with Crippen LogP contribution in [0.2, 0.25) is 0 Å². The van der Waals surface area contributed by atoms with Crippen LogP contribution in [0.3, 0.4) is 0 Å². The highest BCUT2D eigenvalue weighted by Crippen LogP contribution is 2.37. The first kappa shape index (κ1) is 13.8. The zero-order valence-corrected chi connectivity index (χ0v) is 12.5. The summed E-state index contributed by atoms with van der Waals surface area (Å²) < 4.78 is 21.4. The van der Waals surface area contributed by atoms with E-state index in [0.717, 1.165) is 24.4 Å². The van der Waals surface area contributed by atoms with Gasteiger partial charge in [0.15, 0.2) is 0 Å². The number of hydrogen-bond acceptors (Lipinski definition) is 2. The lowest BCUT2D eigenvalue weighted by atomic mass is 9.93. The molecule has 0 saturated carbocycles. The van der Waals surface area contributed by atoms with Gasteiger partial charge in [-0.15, -0.1) is 11.6 Å². The number of benzene rings is 1. The molecule has 1 saturated heterocycles. The fourth-order valence-corrected chi connectivity index (χ4v) is 3.21. The zero-order chi connectivity index (χ0) is 14.3. The molecule has 2 aromatic rings. The Balaban J connectivity index is 2.23. The third-order valence-electron chi connectivity index (χ3n) is 4.37. The summed E-state index contributed by atoms with van der Waals surface area (Å²) in [5.41, 5.74) is 1.48. The van der Waals surface area contributed by atoms with Crippen LogP contribution in [0.25, 0.3) is 11.0 Å². The molecule has 0 spiro atoms. The monoisotopic (exact) mass is 296 g/mol. The van der Waals surface area contributed by atoms with E-state index >= 15 is 0 Å². The van der Waals surface area contributed by atoms with Crippen LogP contribution < -0.4 is 0 Å². The van der Waals surface area contributed by atoms with Crippen molar-refractivity contribution in [3.63, 3.8) is 0 Å². The molecule has 0 amide bonds. The van der Waals surface area contributed by atoms with E-state index in [1.54, 1.807) is 6.07 Å². The lowest BCUT2D eigenvalue weighted by Gasteiger charge is -2.32. The average Bonchev–Trinajstić information content (AvgIpc) is 2.91. The van der Waals surface area contributed by atoms with Crippen molar-refractivity contribution in [2.24, 2.45) is 0 Å². The van der Waals surface area contributed by atoms with Crippen LogP contribution in [0, 0.1) is 5.82 Å². The summed E-state index contributed by atoms with van der Waals surface area (Å²) in [6.07, 6.45) is 1.69. The van der Waals surface area contributed by atoms with Gasteiger partial charge in [0.2, 0.25) is 0 Å². The van der Waals surface area contributed by atoms with E-state index in [2.05, 4.69) is 23.4 Å². The molecule has 2 atom stereocenters. The van der Waals surface area contributed by atoms with Gasteiger partial charge < -0.3 is 9.30 Å². The van der Waals surface area contributed by atoms with E-state index in [-0.39, 0.29) is 17.5 Å². The van der Waals surface area contributed by atoms with Crippen LogP contribution in [0.1, 0.15) is 26.1 Å². The lowest BCUT2D eigenvalue weighted by molar-refractivity contribution is 0.0764. The van der Waals surface area contributed by atoms with Gasteiger partial charge in [-0.3, -0.25) is 0 Å². The van der Waals surface area contributed by atoms with Gasteiger partial charge in [0.25, 0.3) is 0 Å². The van der Waals surface area contributed by atoms with Crippen molar-refractivity contribution in [3.8, 4) is 0 Å². The maximum absolute atomic E-state index is 13.4. The van der Waals surface area contributed by atoms with Crippen LogP contribution in [0.15, 0.2) is 18.2 Å². The number of aromatic nitrogens is 2. The summed E-state index contributed by atoms with van der Waals surface area (Å²) in [4.78, 5) is 4.57. The Kier molecular flexibility index (Phi) is 3.46. The number of halogens is 2. The average molecular weight is 297 g/mol. The predicted molar refractivity (Wildman–Crippen MR) is 77.8 cm³/mol. The quantitative estimate of drug-likeness (QED) is 0.811. The first-order chi connectivity index (χ1) is 9.56. The van der Waals surface area contributed by atoms with Gasteiger partial charge in [-0.25, -0.2) is 9.37 Å². The standard InChI is InChI=1S/C15H18ClFN2O/c1-10-15(2,6-8-20-10)19-13-4-3-11(17)9-12(13)18-14(19)5-7-16/h3-4,9-10H,5-8H2,1-2H3. The molecule has 2 unspecified atom stereocenters. The number of rotatable bonds is 3. The van der Waals surface area contributed by atoms with E-state index in [9.17, 15) is 4.39 Å². The molecule has 5 heteroatoms. The molecule has 2 heterocycles. The first-order valence-corrected chi connectivity index (χ1v) is 7.44. The van der Waals surface area contributed by atoms with Crippen LogP contribution in [0.5, 0.6) is 0 Å². The molecule has 0 bridgehead atoms. The minimum atomic E-state index is -0.263. The fraction of sp³-hybridized carbons (Fsp3) is 0.533. The molecule has 3 nitrogen and oxygen atoms in total. The SMILES string of the molecule is CC1OCCC1(C)n1c(CCCl)nc2cc(F)ccc21. The maximum atomic E-state index is 13.4. The summed E-state index contributed by atoms with van der Waals surface area (Å²) in [5, 5.41) is 0. The van der Waals surface area contributed by atoms with Crippen molar-refractivity contribution >= 4 is 22.6 Å². The number of imidazole rings is 1. The Labute approximate surface area is 122 Å². The van der Waals surface area contributed by atoms with Gasteiger partial charge >= 0.3 is 0 Å². The molecule has 0 aliphatic carbocycles. The summed E-state index contributed by atoms with van der Waals surface area (Å²) in [6.45, 7) is 4.98. The van der Waals surface area contributed by atoms with Crippen LogP contribution >= 0.6 is 11.6 Å². The summed E-state index contributed by atoms with van der Waals surface area (Å²) >= 11 is 5.90. The number of alkyl halides is 1. The Bertz CT molecular complexity index is 642. The minimum absolute atomic E-state index is 0.0963. The molecular weight excluding hydrogens is 279 g/mol. The van der Waals surface area contributed by atoms with Gasteiger partial charge in [0, 0.05) is 25.0 Å². The Morgan fingerprint density at radius 3 is 3.00 bits per heavy atom. The Morgan fingerprint density at radius 1 is 1.55 bits per heavy atom. The molecule has 1 aliphatic rings. The Hall–Kier alpha value is -1.13. The zero-order valence-electron chi connectivity index (χ0n) is 11.7. The molecule has 108 valence electrons. The van der Waals surface area contributed by atoms with E-state index in [1.165, 1.54) is 12.1 Å². The third-order valence-corrected chi connectivity index (χ3v) is 4.56. The molecule has 20 heavy (non-hydrogen) atoms. The normalized spacial score (nSPS) is 26.5. The van der Waals surface area contributed by atoms with E-state index in [0.29, 0.717) is 17.8 Å². The highest BCUT2D eigenvalue weighted by Gasteiger charge is 2.41. The van der Waals surface area contributed by atoms with Gasteiger partial charge in [0.1, 0.15) is 11.6 Å². The molecule has 1 aromatic heterocycles. The van der Waals surface area contributed by atoms with Crippen molar-refractivity contribution in [1.29, 1.82) is 0 Å². The van der Waals surface area contributed by atoms with E-state index in [1.807, 2.05) is 0 Å². The van der Waals surface area contributed by atoms with Crippen LogP contribution in [-0.4, -0.2) is 28.1 Å². The van der Waals surface area contributed by atoms with Gasteiger partial charge in [-0.1, -0.05) is 0 Å². The van der Waals surface area contributed by atoms with Crippen molar-refractivity contribution in [1.82, 2.24) is 9.55 Å². The summed E-state index contributed by atoms with van der Waals surface area (Å²) in [5.74, 6) is 1.14. The first-order valence-electron chi connectivity index (χ1n) is 6.91. The number of fused-ring (bicyclic) bond motifs is 1. The van der Waals surface area contributed by atoms with Gasteiger partial charge in [0.05, 0.1) is 22.7 Å². The molecule has 1 fully saturated rings. The van der Waals surface area contributed by atoms with Gasteiger partial charge in [-0.2, -0.15) is 0 Å². The second-order valence-electron chi connectivity index (χ2n) is 5.56. The topological polar surface area (TPSA) is 27.1 Å². The molecule has 0 N–H and O–H groups in total. The highest BCUT2D eigenvalue weighted by atomic mass is 35.5. The molecular formula is C15H18ClFN2O.